The topological polar surface area (TPSA) is 35.5 Å². The van der Waals surface area contributed by atoms with Crippen LogP contribution in [0.4, 0.5) is 26.3 Å². The molecule has 0 aliphatic carbocycles. The van der Waals surface area contributed by atoms with Crippen LogP contribution < -0.4 is 9.47 Å². The van der Waals surface area contributed by atoms with E-state index in [1.807, 2.05) is 0 Å². The predicted octanol–water partition coefficient (Wildman–Crippen LogP) is 4.09. The molecule has 0 saturated carbocycles. The summed E-state index contributed by atoms with van der Waals surface area (Å²) in [6, 6.07) is 2.38. The molecule has 0 aliphatic rings. The molecule has 3 nitrogen and oxygen atoms in total. The van der Waals surface area contributed by atoms with Crippen molar-refractivity contribution in [3.05, 3.63) is 29.8 Å². The lowest BCUT2D eigenvalue weighted by molar-refractivity contribution is -0.287. The summed E-state index contributed by atoms with van der Waals surface area (Å²) in [5.41, 5.74) is 0.0407. The Kier molecular flexibility index (Phi) is 4.87. The third-order valence-corrected chi connectivity index (χ3v) is 1.93. The summed E-state index contributed by atoms with van der Waals surface area (Å²) in [7, 11) is 0. The number of carbonyl (C=O) groups excluding carboxylic acids is 1. The molecule has 0 N–H and O–H groups in total. The van der Waals surface area contributed by atoms with E-state index in [0.29, 0.717) is 12.1 Å². The van der Waals surface area contributed by atoms with Crippen LogP contribution >= 0.6 is 0 Å². The van der Waals surface area contributed by atoms with Gasteiger partial charge in [-0.3, -0.25) is 4.79 Å². The second-order valence-electron chi connectivity index (χ2n) is 3.75. The molecular formula is C12H8F6O3. The first-order valence-electron chi connectivity index (χ1n) is 5.30. The summed E-state index contributed by atoms with van der Waals surface area (Å²) in [4.78, 5) is 10.7. The van der Waals surface area contributed by atoms with Gasteiger partial charge in [-0.05, 0) is 30.7 Å². The second-order valence-corrected chi connectivity index (χ2v) is 3.75. The van der Waals surface area contributed by atoms with Crippen LogP contribution in [0.15, 0.2) is 24.3 Å². The van der Waals surface area contributed by atoms with Gasteiger partial charge in [0.05, 0.1) is 0 Å². The zero-order chi connectivity index (χ0) is 16.3. The zero-order valence-corrected chi connectivity index (χ0v) is 10.4. The minimum atomic E-state index is -5.19. The highest BCUT2D eigenvalue weighted by Crippen LogP contribution is 2.36. The van der Waals surface area contributed by atoms with Crippen LogP contribution in [0.2, 0.25) is 0 Å². The fraction of sp³-hybridized carbons (Fsp3) is 0.250. The molecule has 0 heterocycles. The van der Waals surface area contributed by atoms with Gasteiger partial charge in [-0.1, -0.05) is 12.1 Å². The van der Waals surface area contributed by atoms with E-state index in [1.165, 1.54) is 6.92 Å². The van der Waals surface area contributed by atoms with Gasteiger partial charge in [0.2, 0.25) is 0 Å². The Bertz CT molecular complexity index is 545. The fourth-order valence-corrected chi connectivity index (χ4v) is 1.26. The highest BCUT2D eigenvalue weighted by atomic mass is 19.4. The first-order valence-corrected chi connectivity index (χ1v) is 5.30. The Morgan fingerprint density at radius 1 is 1.00 bits per heavy atom. The fourth-order valence-electron chi connectivity index (χ4n) is 1.26. The van der Waals surface area contributed by atoms with E-state index in [1.54, 1.807) is 0 Å². The Morgan fingerprint density at radius 3 is 2.00 bits per heavy atom. The van der Waals surface area contributed by atoms with E-state index in [2.05, 4.69) is 9.47 Å². The van der Waals surface area contributed by atoms with Crippen molar-refractivity contribution in [2.24, 2.45) is 0 Å². The van der Waals surface area contributed by atoms with Crippen molar-refractivity contribution in [3.8, 4) is 11.5 Å². The minimum absolute atomic E-state index is 0.0407. The lowest BCUT2D eigenvalue weighted by Crippen LogP contribution is -2.21. The van der Waals surface area contributed by atoms with Crippen molar-refractivity contribution in [1.29, 1.82) is 0 Å². The van der Waals surface area contributed by atoms with Gasteiger partial charge < -0.3 is 9.47 Å². The average molecular weight is 314 g/mol. The number of benzene rings is 1. The number of hydrogen-bond donors (Lipinski definition) is 0. The van der Waals surface area contributed by atoms with E-state index in [-0.39, 0.29) is 11.3 Å². The molecule has 1 aromatic carbocycles. The van der Waals surface area contributed by atoms with Crippen LogP contribution in [-0.4, -0.2) is 18.5 Å². The van der Waals surface area contributed by atoms with Crippen LogP contribution in [0.3, 0.4) is 0 Å². The van der Waals surface area contributed by atoms with E-state index >= 15 is 0 Å². The largest absolute Gasteiger partial charge is 0.573 e. The molecule has 21 heavy (non-hydrogen) atoms. The second kappa shape index (κ2) is 6.06. The molecule has 0 bridgehead atoms. The Labute approximate surface area is 114 Å². The summed E-state index contributed by atoms with van der Waals surface area (Å²) in [5.74, 6) is -2.69. The molecular weight excluding hydrogens is 306 g/mol. The first-order chi connectivity index (χ1) is 9.46. The number of allylic oxidation sites excluding steroid dienone is 1. The SMILES string of the molecule is CC(=O)/C=C/c1ccc(OC(F)(F)F)c(OC(F)(F)F)c1. The van der Waals surface area contributed by atoms with Crippen LogP contribution in [0, 0.1) is 0 Å². The van der Waals surface area contributed by atoms with Crippen molar-refractivity contribution in [2.45, 2.75) is 19.6 Å². The van der Waals surface area contributed by atoms with Crippen molar-refractivity contribution >= 4 is 11.9 Å². The summed E-state index contributed by atoms with van der Waals surface area (Å²) in [6.07, 6.45) is -8.19. The average Bonchev–Trinajstić information content (AvgIpc) is 2.25. The number of rotatable bonds is 4. The molecule has 0 saturated heterocycles. The Morgan fingerprint density at radius 2 is 1.52 bits per heavy atom. The summed E-state index contributed by atoms with van der Waals surface area (Å²) < 4.78 is 79.7. The molecule has 0 aliphatic heterocycles. The van der Waals surface area contributed by atoms with Gasteiger partial charge in [-0.15, -0.1) is 26.3 Å². The maximum atomic E-state index is 12.2. The number of hydrogen-bond acceptors (Lipinski definition) is 3. The van der Waals surface area contributed by atoms with Gasteiger partial charge >= 0.3 is 12.7 Å². The minimum Gasteiger partial charge on any atom is -0.402 e. The van der Waals surface area contributed by atoms with E-state index in [9.17, 15) is 31.1 Å². The number of ether oxygens (including phenoxy) is 2. The molecule has 0 spiro atoms. The molecule has 0 radical (unpaired) electrons. The van der Waals surface area contributed by atoms with Gasteiger partial charge in [0.25, 0.3) is 0 Å². The molecule has 0 aromatic heterocycles. The van der Waals surface area contributed by atoms with Crippen molar-refractivity contribution in [1.82, 2.24) is 0 Å². The molecule has 116 valence electrons. The highest BCUT2D eigenvalue weighted by molar-refractivity contribution is 5.91. The molecule has 0 fully saturated rings. The monoisotopic (exact) mass is 314 g/mol. The summed E-state index contributed by atoms with van der Waals surface area (Å²) >= 11 is 0. The van der Waals surface area contributed by atoms with Gasteiger partial charge in [0, 0.05) is 0 Å². The lowest BCUT2D eigenvalue weighted by Gasteiger charge is -2.15. The van der Waals surface area contributed by atoms with Crippen molar-refractivity contribution in [3.63, 3.8) is 0 Å². The van der Waals surface area contributed by atoms with Crippen LogP contribution in [0.25, 0.3) is 6.08 Å². The predicted molar refractivity (Wildman–Crippen MR) is 59.5 cm³/mol. The normalized spacial score (nSPS) is 12.5. The molecule has 0 amide bonds. The standard InChI is InChI=1S/C12H8F6O3/c1-7(19)2-3-8-4-5-9(20-11(13,14)15)10(6-8)21-12(16,17)18/h2-6H,1H3/b3-2+. The molecule has 0 atom stereocenters. The maximum Gasteiger partial charge on any atom is 0.573 e. The Balaban J connectivity index is 3.16. The van der Waals surface area contributed by atoms with Crippen LogP contribution in [-0.2, 0) is 4.79 Å². The zero-order valence-electron chi connectivity index (χ0n) is 10.4. The smallest absolute Gasteiger partial charge is 0.402 e. The van der Waals surface area contributed by atoms with E-state index in [0.717, 1.165) is 18.2 Å². The molecule has 1 aromatic rings. The number of carbonyl (C=O) groups is 1. The third kappa shape index (κ3) is 6.68. The maximum absolute atomic E-state index is 12.2. The molecule has 1 rings (SSSR count). The quantitative estimate of drug-likeness (QED) is 0.620. The molecule has 9 heteroatoms. The first kappa shape index (κ1) is 16.9. The van der Waals surface area contributed by atoms with Crippen molar-refractivity contribution < 1.29 is 40.6 Å². The summed E-state index contributed by atoms with van der Waals surface area (Å²) in [6.45, 7) is 1.20. The number of halogens is 6. The lowest BCUT2D eigenvalue weighted by atomic mass is 10.2. The van der Waals surface area contributed by atoms with E-state index < -0.39 is 24.2 Å². The number of alkyl halides is 6. The Hall–Kier alpha value is -2.19. The van der Waals surface area contributed by atoms with Gasteiger partial charge in [-0.2, -0.15) is 0 Å². The van der Waals surface area contributed by atoms with Gasteiger partial charge in [-0.25, -0.2) is 0 Å². The van der Waals surface area contributed by atoms with Gasteiger partial charge in [0.1, 0.15) is 0 Å². The third-order valence-electron chi connectivity index (χ3n) is 1.93. The van der Waals surface area contributed by atoms with Crippen LogP contribution in [0.1, 0.15) is 12.5 Å². The molecule has 0 unspecified atom stereocenters. The summed E-state index contributed by atoms with van der Waals surface area (Å²) in [5, 5.41) is 0. The van der Waals surface area contributed by atoms with Crippen molar-refractivity contribution in [2.75, 3.05) is 0 Å². The number of ketones is 1. The highest BCUT2D eigenvalue weighted by Gasteiger charge is 2.36. The van der Waals surface area contributed by atoms with Gasteiger partial charge in [0.15, 0.2) is 17.3 Å². The van der Waals surface area contributed by atoms with E-state index in [4.69, 9.17) is 0 Å². The van der Waals surface area contributed by atoms with Crippen LogP contribution in [0.5, 0.6) is 11.5 Å².